The van der Waals surface area contributed by atoms with E-state index >= 15 is 0 Å². The number of carbonyl (C=O) groups is 2. The zero-order valence-electron chi connectivity index (χ0n) is 27.5. The Morgan fingerprint density at radius 2 is 1.88 bits per heavy atom. The molecule has 1 fully saturated rings. The molecule has 0 bridgehead atoms. The van der Waals surface area contributed by atoms with Gasteiger partial charge in [0.2, 0.25) is 11.9 Å². The largest absolute Gasteiger partial charge is 0.330 e. The molecule has 13 heteroatoms. The molecule has 48 heavy (non-hydrogen) atoms. The number of urea groups is 1. The van der Waals surface area contributed by atoms with Crippen molar-refractivity contribution in [2.75, 3.05) is 62.9 Å². The van der Waals surface area contributed by atoms with E-state index in [-0.39, 0.29) is 18.0 Å². The molecule has 0 atom stereocenters. The molecule has 2 aliphatic heterocycles. The molecule has 4 heterocycles. The lowest BCUT2D eigenvalue weighted by Crippen LogP contribution is -2.40. The van der Waals surface area contributed by atoms with Gasteiger partial charge in [0.15, 0.2) is 5.15 Å². The summed E-state index contributed by atoms with van der Waals surface area (Å²) in [7, 11) is 6.00. The maximum Gasteiger partial charge on any atom is 0.330 e. The number of rotatable bonds is 10. The van der Waals surface area contributed by atoms with E-state index in [0.717, 1.165) is 37.1 Å². The van der Waals surface area contributed by atoms with Crippen LogP contribution in [-0.4, -0.2) is 93.7 Å². The van der Waals surface area contributed by atoms with Crippen LogP contribution in [0.3, 0.4) is 0 Å². The number of nitrogens with one attached hydrogen (secondary N) is 2. The Morgan fingerprint density at radius 3 is 2.65 bits per heavy atom. The second-order valence-electron chi connectivity index (χ2n) is 12.5. The lowest BCUT2D eigenvalue weighted by atomic mass is 10.1. The van der Waals surface area contributed by atoms with Crippen molar-refractivity contribution in [3.63, 3.8) is 0 Å². The quantitative estimate of drug-likeness (QED) is 0.207. The number of anilines is 5. The first-order valence-corrected chi connectivity index (χ1v) is 16.5. The number of aromatic nitrogens is 4. The van der Waals surface area contributed by atoms with Crippen LogP contribution in [0.15, 0.2) is 79.1 Å². The fourth-order valence-electron chi connectivity index (χ4n) is 5.89. The summed E-state index contributed by atoms with van der Waals surface area (Å²) in [5.74, 6) is 0.499. The third kappa shape index (κ3) is 8.01. The Hall–Kier alpha value is -4.78. The van der Waals surface area contributed by atoms with Crippen LogP contribution < -0.4 is 15.5 Å². The van der Waals surface area contributed by atoms with E-state index in [0.29, 0.717) is 60.0 Å². The molecule has 12 nitrogen and oxygen atoms in total. The summed E-state index contributed by atoms with van der Waals surface area (Å²) in [5, 5.41) is 11.1. The van der Waals surface area contributed by atoms with Gasteiger partial charge < -0.3 is 25.3 Å². The first kappa shape index (κ1) is 33.1. The van der Waals surface area contributed by atoms with Gasteiger partial charge in [-0.1, -0.05) is 54.1 Å². The first-order valence-electron chi connectivity index (χ1n) is 16.1. The number of carbonyl (C=O) groups excluding carboxylic acids is 2. The number of amides is 3. The molecule has 2 N–H and O–H groups in total. The van der Waals surface area contributed by atoms with Crippen molar-refractivity contribution in [3.05, 3.63) is 95.4 Å². The first-order chi connectivity index (χ1) is 23.2. The summed E-state index contributed by atoms with van der Waals surface area (Å²) < 4.78 is 1.92. The van der Waals surface area contributed by atoms with Crippen molar-refractivity contribution in [1.29, 1.82) is 0 Å². The molecule has 0 unspecified atom stereocenters. The SMILES string of the molecule is CN(C)C/C=C/C(=O)Nc1cccc(N2C(=O)N(Cc3ccccc3)CCc3cnc(Nc4cn(C5CCN(C)CC5)nc4Cl)nc32)c1. The molecular weight excluding hydrogens is 628 g/mol. The number of halogens is 1. The van der Waals surface area contributed by atoms with E-state index in [4.69, 9.17) is 16.6 Å². The third-order valence-corrected chi connectivity index (χ3v) is 8.77. The zero-order chi connectivity index (χ0) is 33.6. The topological polar surface area (TPSA) is 115 Å². The number of benzene rings is 2. The summed E-state index contributed by atoms with van der Waals surface area (Å²) in [5.41, 5.74) is 3.56. The summed E-state index contributed by atoms with van der Waals surface area (Å²) in [4.78, 5) is 44.3. The fourth-order valence-corrected chi connectivity index (χ4v) is 6.08. The lowest BCUT2D eigenvalue weighted by molar-refractivity contribution is -0.111. The van der Waals surface area contributed by atoms with E-state index in [1.807, 2.05) is 77.2 Å². The predicted molar refractivity (Wildman–Crippen MR) is 189 cm³/mol. The summed E-state index contributed by atoms with van der Waals surface area (Å²) >= 11 is 6.59. The molecule has 0 aliphatic carbocycles. The Morgan fingerprint density at radius 1 is 1.08 bits per heavy atom. The number of hydrogen-bond donors (Lipinski definition) is 2. The highest BCUT2D eigenvalue weighted by atomic mass is 35.5. The molecule has 0 spiro atoms. The van der Waals surface area contributed by atoms with E-state index < -0.39 is 0 Å². The molecule has 6 rings (SSSR count). The second kappa shape index (κ2) is 15.0. The van der Waals surface area contributed by atoms with Crippen molar-refractivity contribution in [2.24, 2.45) is 0 Å². The highest BCUT2D eigenvalue weighted by Gasteiger charge is 2.32. The summed E-state index contributed by atoms with van der Waals surface area (Å²) in [6.45, 7) is 3.56. The van der Waals surface area contributed by atoms with Gasteiger partial charge in [-0.15, -0.1) is 0 Å². The summed E-state index contributed by atoms with van der Waals surface area (Å²) in [6, 6.07) is 17.2. The molecule has 2 aromatic carbocycles. The third-order valence-electron chi connectivity index (χ3n) is 8.49. The van der Waals surface area contributed by atoms with Crippen LogP contribution in [0.1, 0.15) is 30.0 Å². The highest BCUT2D eigenvalue weighted by molar-refractivity contribution is 6.32. The van der Waals surface area contributed by atoms with Crippen LogP contribution in [0.2, 0.25) is 5.15 Å². The highest BCUT2D eigenvalue weighted by Crippen LogP contribution is 2.35. The molecule has 250 valence electrons. The van der Waals surface area contributed by atoms with E-state index in [9.17, 15) is 9.59 Å². The minimum absolute atomic E-state index is 0.232. The molecule has 2 aromatic heterocycles. The van der Waals surface area contributed by atoms with Gasteiger partial charge in [-0.05, 0) is 77.3 Å². The van der Waals surface area contributed by atoms with Crippen molar-refractivity contribution in [1.82, 2.24) is 34.4 Å². The zero-order valence-corrected chi connectivity index (χ0v) is 28.3. The lowest BCUT2D eigenvalue weighted by Gasteiger charge is -2.28. The van der Waals surface area contributed by atoms with Gasteiger partial charge >= 0.3 is 6.03 Å². The average molecular weight is 669 g/mol. The standard InChI is InChI=1S/C35H41ClN10O2/c1-42(2)17-8-13-31(47)38-27-11-7-12-29(21-27)46-33-26(14-20-44(35(46)48)23-25-9-5-4-6-10-25)22-37-34(40-33)39-30-24-45(41-32(30)36)28-15-18-43(3)19-16-28/h4-13,21-22,24,28H,14-20,23H2,1-3H3,(H,38,47)(H,37,39,40)/b13-8+. The van der Waals surface area contributed by atoms with Gasteiger partial charge in [0.1, 0.15) is 5.82 Å². The fraction of sp³-hybridized carbons (Fsp3) is 0.343. The maximum absolute atomic E-state index is 14.4. The molecular formula is C35H41ClN10O2. The van der Waals surface area contributed by atoms with E-state index in [1.54, 1.807) is 29.3 Å². The van der Waals surface area contributed by atoms with Crippen molar-refractivity contribution in [3.8, 4) is 0 Å². The van der Waals surface area contributed by atoms with Crippen molar-refractivity contribution >= 4 is 52.4 Å². The minimum Gasteiger partial charge on any atom is -0.322 e. The number of fused-ring (bicyclic) bond motifs is 1. The molecule has 0 radical (unpaired) electrons. The van der Waals surface area contributed by atoms with Crippen molar-refractivity contribution < 1.29 is 9.59 Å². The average Bonchev–Trinajstić information content (AvgIpc) is 3.37. The van der Waals surface area contributed by atoms with Crippen LogP contribution >= 0.6 is 11.6 Å². The maximum atomic E-state index is 14.4. The van der Waals surface area contributed by atoms with Gasteiger partial charge in [-0.25, -0.2) is 14.7 Å². The number of piperidine rings is 1. The smallest absolute Gasteiger partial charge is 0.322 e. The Kier molecular flexibility index (Phi) is 10.3. The van der Waals surface area contributed by atoms with Crippen LogP contribution in [0, 0.1) is 0 Å². The van der Waals surface area contributed by atoms with Crippen LogP contribution in [0.25, 0.3) is 0 Å². The molecule has 4 aromatic rings. The normalized spacial score (nSPS) is 16.0. The number of likely N-dealkylation sites (tertiary alicyclic amines) is 1. The molecule has 2 aliphatic rings. The molecule has 3 amide bonds. The number of likely N-dealkylation sites (N-methyl/N-ethyl adjacent to an activating group) is 1. The van der Waals surface area contributed by atoms with Crippen molar-refractivity contribution in [2.45, 2.75) is 31.8 Å². The van der Waals surface area contributed by atoms with Crippen LogP contribution in [0.5, 0.6) is 0 Å². The minimum atomic E-state index is -0.256. The Bertz CT molecular complexity index is 1770. The van der Waals surface area contributed by atoms with E-state index in [2.05, 4.69) is 32.7 Å². The van der Waals surface area contributed by atoms with Crippen LogP contribution in [0.4, 0.5) is 33.6 Å². The summed E-state index contributed by atoms with van der Waals surface area (Å²) in [6.07, 6.45) is 9.50. The monoisotopic (exact) mass is 668 g/mol. The molecule has 0 saturated carbocycles. The predicted octanol–water partition coefficient (Wildman–Crippen LogP) is 5.71. The van der Waals surface area contributed by atoms with Gasteiger partial charge in [0.25, 0.3) is 0 Å². The van der Waals surface area contributed by atoms with Crippen LogP contribution in [-0.2, 0) is 17.8 Å². The Labute approximate surface area is 286 Å². The van der Waals surface area contributed by atoms with Gasteiger partial charge in [-0.3, -0.25) is 9.48 Å². The number of nitrogens with zero attached hydrogens (tertiary/aromatic N) is 8. The Balaban J connectivity index is 1.31. The van der Waals surface area contributed by atoms with Gasteiger partial charge in [0.05, 0.1) is 23.6 Å². The second-order valence-corrected chi connectivity index (χ2v) is 12.9. The van der Waals surface area contributed by atoms with Gasteiger partial charge in [-0.2, -0.15) is 10.1 Å². The van der Waals surface area contributed by atoms with Gasteiger partial charge in [0, 0.05) is 43.2 Å². The molecule has 1 saturated heterocycles. The number of hydrogen-bond acceptors (Lipinski definition) is 8. The van der Waals surface area contributed by atoms with E-state index in [1.165, 1.54) is 6.08 Å².